The summed E-state index contributed by atoms with van der Waals surface area (Å²) in [4.78, 5) is 74.3. The first-order valence-corrected chi connectivity index (χ1v) is 57.2. The monoisotopic (exact) mass is 2590 g/mol. The molecule has 0 bridgehead atoms. The number of rotatable bonds is 16. The van der Waals surface area contributed by atoms with Crippen LogP contribution in [0.4, 0.5) is 0 Å². The van der Waals surface area contributed by atoms with Crippen LogP contribution in [0.2, 0.25) is 0 Å². The van der Waals surface area contributed by atoms with Gasteiger partial charge in [0.1, 0.15) is 0 Å². The molecule has 13 nitrogen and oxygen atoms in total. The molecule has 140 heavy (non-hydrogen) atoms. The first kappa shape index (κ1) is 122. The number of thiol groups is 1. The van der Waals surface area contributed by atoms with E-state index in [0.717, 1.165) is 27.1 Å². The Morgan fingerprint density at radius 3 is 0.936 bits per heavy atom. The third-order valence-electron chi connectivity index (χ3n) is 21.0. The van der Waals surface area contributed by atoms with Crippen molar-refractivity contribution in [2.24, 2.45) is 4.30 Å². The van der Waals surface area contributed by atoms with Gasteiger partial charge in [0.15, 0.2) is 0 Å². The molecule has 0 fully saturated rings. The average Bonchev–Trinajstić information content (AvgIpc) is 1.50. The standard InChI is InChI=1S/C44H34S2.C20H18O4S2.C12H12Br2O4.C8H4Br2O4.C8H8Br2.C7H7.C4H3BrS.C4H3S.CH4.BHNS.BrH.ClH.Mg.Zn/c1-27-5-13-31(14-6-27)43(32-15-7-28(2)8-16-32)37-21-23-45-41(37)35-26-40-36(25-39(35)43)42-38(22-24-46-42)44(40,33-17-9-29(3)10-18-33)34-19-11-30(4)12-20-34;1-3-23-19(21)15-11-14(18-8-6-10-26-18)16(20(22)24-4-2)12-13(15)17-7-5-9-25-17;1-3-17-11(15)7-5-10(14)8(6-9(7)13)12(16)18-4-2;9-5-1-3(7(11)12)6(10)2-4(5)8(13)14;1-5-3-8(10)6(2)4-7(5)9;1-7-5-3-2-4-6-7;5-4-2-1-3-6-4;1-2-4-5-3-1;;1-2-3;;;;/h5-26H,1-4H3;5-12H,3-4H2,1-2H3;5-6H,3-4H2,1-2H3;1-2H,(H,11,12)(H,13,14);3-4H,1-2H3;3-6H,1H3;1-3H;1-3H;1H4;3H;2*1H;;/q;;;;;-1;;-1;;;;;2*+2/p-2. The molecule has 18 rings (SSSR count). The van der Waals surface area contributed by atoms with Gasteiger partial charge in [-0.3, -0.25) is 0 Å². The molecular formula is C108H94BBr8ClMgNO12S7Zn. The van der Waals surface area contributed by atoms with Gasteiger partial charge in [-0.2, -0.15) is 47.3 Å². The topological polar surface area (TPSA) is 192 Å². The second kappa shape index (κ2) is 60.2. The summed E-state index contributed by atoms with van der Waals surface area (Å²) < 4.78 is 28.0. The van der Waals surface area contributed by atoms with Crippen LogP contribution in [-0.4, -0.2) is 103 Å². The second-order valence-corrected chi connectivity index (χ2v) is 42.1. The number of aryl methyl sites for hydroxylation is 7. The number of fused-ring (bicyclic) bond motifs is 6. The Morgan fingerprint density at radius 1 is 0.379 bits per heavy atom. The van der Waals surface area contributed by atoms with Crippen LogP contribution >= 0.6 is 202 Å². The Hall–Kier alpha value is -7.05. The number of carboxylic acid groups (broad SMARTS) is 2. The number of thiophene rings is 6. The molecule has 0 atom stereocenters. The van der Waals surface area contributed by atoms with Gasteiger partial charge in [-0.1, -0.05) is 184 Å². The summed E-state index contributed by atoms with van der Waals surface area (Å²) >= 11 is 36.8. The number of halogens is 9. The molecule has 0 saturated heterocycles. The van der Waals surface area contributed by atoms with Crippen LogP contribution in [0.25, 0.3) is 41.8 Å². The third-order valence-corrected chi connectivity index (χ3v) is 31.1. The van der Waals surface area contributed by atoms with Crippen molar-refractivity contribution in [2.75, 3.05) is 26.4 Å². The fourth-order valence-corrected chi connectivity index (χ4v) is 22.5. The van der Waals surface area contributed by atoms with E-state index in [0.29, 0.717) is 55.5 Å². The van der Waals surface area contributed by atoms with Crippen LogP contribution in [0.15, 0.2) is 310 Å². The summed E-state index contributed by atoms with van der Waals surface area (Å²) in [5.74, 6) is -3.92. The van der Waals surface area contributed by atoms with Crippen molar-refractivity contribution in [3.8, 4) is 41.8 Å². The molecule has 6 aromatic heterocycles. The number of hydrogen-bond acceptors (Lipinski definition) is 18. The van der Waals surface area contributed by atoms with E-state index in [1.54, 1.807) is 62.5 Å². The maximum absolute atomic E-state index is 12.6. The van der Waals surface area contributed by atoms with E-state index in [1.807, 2.05) is 117 Å². The molecule has 0 amide bonds. The first-order valence-electron chi connectivity index (χ1n) is 42.1. The van der Waals surface area contributed by atoms with Gasteiger partial charge in [-0.05, 0) is 334 Å². The van der Waals surface area contributed by atoms with Crippen LogP contribution in [0.5, 0.6) is 0 Å². The number of esters is 4. The van der Waals surface area contributed by atoms with E-state index < -0.39 is 46.6 Å². The predicted molar refractivity (Wildman–Crippen MR) is 602 cm³/mol. The first-order chi connectivity index (χ1) is 65.8. The van der Waals surface area contributed by atoms with E-state index >= 15 is 0 Å². The molecule has 32 heteroatoms. The molecule has 1 radical (unpaired) electrons. The zero-order chi connectivity index (χ0) is 99.8. The number of hydrogen-bond donors (Lipinski definition) is 3. The molecule has 2 N–H and O–H groups in total. The summed E-state index contributed by atoms with van der Waals surface area (Å²) in [6.07, 6.45) is 0. The van der Waals surface area contributed by atoms with E-state index in [-0.39, 0.29) is 80.7 Å². The molecule has 0 aliphatic heterocycles. The van der Waals surface area contributed by atoms with Crippen LogP contribution in [0, 0.1) is 59.9 Å². The number of ether oxygens (including phenoxy) is 4. The molecule has 715 valence electrons. The molecule has 2 aliphatic rings. The quantitative estimate of drug-likeness (QED) is 0.0273. The number of carbonyl (C=O) groups excluding carboxylic acids is 4. The number of nitrogens with zero attached hydrogens (tertiary/aromatic N) is 1. The van der Waals surface area contributed by atoms with Crippen LogP contribution in [-0.2, 0) is 47.1 Å². The summed E-state index contributed by atoms with van der Waals surface area (Å²) in [6, 6.07) is 86.6. The van der Waals surface area contributed by atoms with Gasteiger partial charge in [-0.25, -0.2) is 34.8 Å². The second-order valence-electron chi connectivity index (χ2n) is 29.9. The van der Waals surface area contributed by atoms with Crippen LogP contribution in [0.1, 0.15) is 181 Å². The SMILES string of the molecule is Brc1cccs1.C.CCOC(=O)c1cc(-c2cccs2)c(C(=O)OCC)cc1-c1cccs1.CCOC(=O)c1cc(Br)c(C(=O)OCC)cc1Br.Cc1cc(Br)c(C)cc1Br.Cc1cc[c-]cc1.Cc1ccc(C2(c3ccc(C)cc3)c3cc4c(cc3-c3sccc32)C(c2ccc(C)cc2)(c2ccc(C)cc2)c2ccsc2-4)cc1.O=C(O)c1cc(Br)c(C(=O)O)cc1Br.[B]=NS.[Br-].[Cl][Zn+].[Mg+2].[c-]1cccs1. The normalized spacial score (nSPS) is 11.1. The molecule has 6 heterocycles. The molecule has 10 aromatic carbocycles. The predicted octanol–water partition coefficient (Wildman–Crippen LogP) is 31.3. The number of benzene rings is 10. The van der Waals surface area contributed by atoms with Crippen molar-refractivity contribution < 1.29 is 92.2 Å². The van der Waals surface area contributed by atoms with E-state index in [4.69, 9.17) is 38.9 Å². The van der Waals surface area contributed by atoms with Crippen molar-refractivity contribution in [3.63, 3.8) is 0 Å². The molecule has 0 saturated carbocycles. The average molecular weight is 2600 g/mol. The Kier molecular flexibility index (Phi) is 52.3. The summed E-state index contributed by atoms with van der Waals surface area (Å²) in [6.45, 7) is 23.1. The van der Waals surface area contributed by atoms with Crippen molar-refractivity contribution in [1.82, 2.24) is 0 Å². The van der Waals surface area contributed by atoms with E-state index in [2.05, 4.69) is 340 Å². The molecule has 2 aliphatic carbocycles. The number of carboxylic acids is 2. The van der Waals surface area contributed by atoms with Crippen molar-refractivity contribution >= 4 is 269 Å². The molecule has 0 spiro atoms. The van der Waals surface area contributed by atoms with E-state index in [9.17, 15) is 28.8 Å². The number of carbonyl (C=O) groups is 6. The van der Waals surface area contributed by atoms with Crippen molar-refractivity contribution in [3.05, 3.63) is 434 Å². The fraction of sp³-hybridized carbons (Fsp3) is 0.167. The molecule has 0 unspecified atom stereocenters. The Bertz CT molecular complexity index is 6260. The third kappa shape index (κ3) is 31.0. The minimum absolute atomic E-state index is 0. The van der Waals surface area contributed by atoms with E-state index in [1.165, 1.54) is 164 Å². The van der Waals surface area contributed by atoms with Gasteiger partial charge in [0.2, 0.25) is 0 Å². The summed E-state index contributed by atoms with van der Waals surface area (Å²) in [5, 5.41) is 32.8. The maximum atomic E-state index is 12.6. The van der Waals surface area contributed by atoms with Crippen LogP contribution < -0.4 is 17.0 Å². The molecule has 16 aromatic rings. The Labute approximate surface area is 949 Å². The van der Waals surface area contributed by atoms with Crippen molar-refractivity contribution in [1.29, 1.82) is 0 Å². The molecular weight excluding hydrogens is 2500 g/mol. The van der Waals surface area contributed by atoms with Gasteiger partial charge < -0.3 is 57.5 Å². The van der Waals surface area contributed by atoms with Gasteiger partial charge >= 0.3 is 111 Å². The minimum Gasteiger partial charge on any atom is -0.304 e. The number of aromatic carboxylic acids is 2. The Balaban J connectivity index is 0.000000272. The maximum Gasteiger partial charge on any atom is 2.00 e. The van der Waals surface area contributed by atoms with Crippen molar-refractivity contribution in [2.45, 2.75) is 94.4 Å². The Morgan fingerprint density at radius 2 is 0.686 bits per heavy atom. The largest absolute Gasteiger partial charge is 2.00 e. The summed E-state index contributed by atoms with van der Waals surface area (Å²) in [7, 11) is 9.10. The minimum atomic E-state index is -1.12. The van der Waals surface area contributed by atoms with Gasteiger partial charge in [0.05, 0.1) is 74.4 Å². The summed E-state index contributed by atoms with van der Waals surface area (Å²) in [5.41, 5.74) is 24.8. The van der Waals surface area contributed by atoms with Gasteiger partial charge in [-0.15, -0.1) is 62.1 Å². The fourth-order valence-electron chi connectivity index (χ4n) is 14.8. The van der Waals surface area contributed by atoms with Gasteiger partial charge in [0.25, 0.3) is 0 Å². The van der Waals surface area contributed by atoms with Gasteiger partial charge in [0, 0.05) is 57.5 Å². The smallest absolute Gasteiger partial charge is 0.304 e. The zero-order valence-corrected chi connectivity index (χ0v) is 101. The van der Waals surface area contributed by atoms with Crippen LogP contribution in [0.3, 0.4) is 0 Å². The zero-order valence-electron chi connectivity index (χ0n) is 77.1.